The zero-order chi connectivity index (χ0) is 12.9. The Labute approximate surface area is 105 Å². The maximum absolute atomic E-state index is 5.73. The van der Waals surface area contributed by atoms with E-state index in [1.807, 2.05) is 24.3 Å². The molecule has 0 radical (unpaired) electrons. The fourth-order valence-corrected chi connectivity index (χ4v) is 1.27. The third-order valence-corrected chi connectivity index (χ3v) is 2.96. The average Bonchev–Trinajstić information content (AvgIpc) is 2.25. The lowest BCUT2D eigenvalue weighted by Crippen LogP contribution is -2.27. The highest BCUT2D eigenvalue weighted by Crippen LogP contribution is 2.21. The monoisotopic (exact) mass is 236 g/mol. The van der Waals surface area contributed by atoms with Crippen molar-refractivity contribution in [2.24, 2.45) is 5.41 Å². The summed E-state index contributed by atoms with van der Waals surface area (Å²) < 4.78 is 11.3. The zero-order valence-corrected chi connectivity index (χ0v) is 11.6. The third-order valence-electron chi connectivity index (χ3n) is 2.96. The highest BCUT2D eigenvalue weighted by atomic mass is 16.5. The van der Waals surface area contributed by atoms with Gasteiger partial charge in [0.15, 0.2) is 0 Å². The van der Waals surface area contributed by atoms with E-state index in [9.17, 15) is 0 Å². The molecule has 1 aromatic carbocycles. The second-order valence-corrected chi connectivity index (χ2v) is 5.54. The van der Waals surface area contributed by atoms with Gasteiger partial charge in [0.2, 0.25) is 0 Å². The molecular weight excluding hydrogens is 212 g/mol. The van der Waals surface area contributed by atoms with E-state index in [-0.39, 0.29) is 11.5 Å². The minimum Gasteiger partial charge on any atom is -0.491 e. The van der Waals surface area contributed by atoms with E-state index < -0.39 is 0 Å². The molecule has 0 aliphatic rings. The third kappa shape index (κ3) is 5.22. The maximum atomic E-state index is 5.73. The summed E-state index contributed by atoms with van der Waals surface area (Å²) >= 11 is 0. The number of ether oxygens (including phenoxy) is 2. The molecule has 1 unspecified atom stereocenters. The van der Waals surface area contributed by atoms with Gasteiger partial charge in [0, 0.05) is 0 Å². The van der Waals surface area contributed by atoms with Crippen LogP contribution in [0, 0.1) is 12.3 Å². The molecule has 0 saturated heterocycles. The van der Waals surface area contributed by atoms with Crippen LogP contribution in [0.1, 0.15) is 33.3 Å². The van der Waals surface area contributed by atoms with E-state index in [0.29, 0.717) is 13.2 Å². The van der Waals surface area contributed by atoms with Crippen LogP contribution >= 0.6 is 0 Å². The summed E-state index contributed by atoms with van der Waals surface area (Å²) in [6.07, 6.45) is 0.240. The van der Waals surface area contributed by atoms with Crippen LogP contribution < -0.4 is 4.74 Å². The zero-order valence-electron chi connectivity index (χ0n) is 11.6. The van der Waals surface area contributed by atoms with E-state index in [1.54, 1.807) is 0 Å². The van der Waals surface area contributed by atoms with Gasteiger partial charge in [-0.1, -0.05) is 38.5 Å². The van der Waals surface area contributed by atoms with Crippen LogP contribution in [0.3, 0.4) is 0 Å². The van der Waals surface area contributed by atoms with Gasteiger partial charge in [-0.25, -0.2) is 0 Å². The summed E-state index contributed by atoms with van der Waals surface area (Å²) in [4.78, 5) is 0. The molecule has 1 aromatic rings. The second-order valence-electron chi connectivity index (χ2n) is 5.54. The quantitative estimate of drug-likeness (QED) is 0.723. The lowest BCUT2D eigenvalue weighted by molar-refractivity contribution is -0.0164. The smallest absolute Gasteiger partial charge is 0.119 e. The number of rotatable bonds is 5. The van der Waals surface area contributed by atoms with Gasteiger partial charge in [-0.05, 0) is 31.4 Å². The molecule has 1 rings (SSSR count). The molecular formula is C15H24O2. The molecule has 2 nitrogen and oxygen atoms in total. The Morgan fingerprint density at radius 2 is 1.65 bits per heavy atom. The first kappa shape index (κ1) is 14.0. The number of hydrogen-bond donors (Lipinski definition) is 0. The van der Waals surface area contributed by atoms with Gasteiger partial charge in [-0.15, -0.1) is 0 Å². The Morgan fingerprint density at radius 1 is 1.06 bits per heavy atom. The molecule has 1 atom stereocenters. The minimum absolute atomic E-state index is 0.184. The fraction of sp³-hybridized carbons (Fsp3) is 0.600. The maximum Gasteiger partial charge on any atom is 0.119 e. The summed E-state index contributed by atoms with van der Waals surface area (Å²) in [6, 6.07) is 8.08. The van der Waals surface area contributed by atoms with Gasteiger partial charge in [-0.2, -0.15) is 0 Å². The van der Waals surface area contributed by atoms with Crippen molar-refractivity contribution in [3.8, 4) is 5.75 Å². The standard InChI is InChI=1S/C15H24O2/c1-12-6-8-14(9-7-12)17-11-10-16-13(2)15(3,4)5/h6-9,13H,10-11H2,1-5H3. The van der Waals surface area contributed by atoms with Gasteiger partial charge in [0.05, 0.1) is 12.7 Å². The molecule has 0 aliphatic heterocycles. The van der Waals surface area contributed by atoms with Gasteiger partial charge in [-0.3, -0.25) is 0 Å². The van der Waals surface area contributed by atoms with E-state index in [2.05, 4.69) is 34.6 Å². The van der Waals surface area contributed by atoms with Crippen molar-refractivity contribution < 1.29 is 9.47 Å². The van der Waals surface area contributed by atoms with Gasteiger partial charge in [0.1, 0.15) is 12.4 Å². The van der Waals surface area contributed by atoms with Crippen LogP contribution in [0.15, 0.2) is 24.3 Å². The Bertz CT molecular complexity index is 322. The molecule has 0 aromatic heterocycles. The molecule has 0 bridgehead atoms. The first-order valence-electron chi connectivity index (χ1n) is 6.20. The van der Waals surface area contributed by atoms with Crippen LogP contribution in [-0.4, -0.2) is 19.3 Å². The SMILES string of the molecule is Cc1ccc(OCCOC(C)C(C)(C)C)cc1. The number of aryl methyl sites for hydroxylation is 1. The van der Waals surface area contributed by atoms with Crippen LogP contribution in [0.4, 0.5) is 0 Å². The molecule has 0 spiro atoms. The lowest BCUT2D eigenvalue weighted by atomic mass is 9.90. The topological polar surface area (TPSA) is 18.5 Å². The molecule has 0 heterocycles. The predicted octanol–water partition coefficient (Wildman–Crippen LogP) is 3.83. The highest BCUT2D eigenvalue weighted by Gasteiger charge is 2.20. The predicted molar refractivity (Wildman–Crippen MR) is 71.5 cm³/mol. The second kappa shape index (κ2) is 6.06. The summed E-state index contributed by atoms with van der Waals surface area (Å²) in [5.41, 5.74) is 1.43. The van der Waals surface area contributed by atoms with Crippen molar-refractivity contribution in [1.82, 2.24) is 0 Å². The van der Waals surface area contributed by atoms with Crippen LogP contribution in [0.25, 0.3) is 0 Å². The van der Waals surface area contributed by atoms with Crippen molar-refractivity contribution in [2.45, 2.75) is 40.7 Å². The minimum atomic E-state index is 0.184. The normalized spacial score (nSPS) is 13.5. The van der Waals surface area contributed by atoms with Crippen LogP contribution in [0.2, 0.25) is 0 Å². The molecule has 0 N–H and O–H groups in total. The Morgan fingerprint density at radius 3 is 2.18 bits per heavy atom. The van der Waals surface area contributed by atoms with E-state index in [1.165, 1.54) is 5.56 Å². The van der Waals surface area contributed by atoms with Gasteiger partial charge < -0.3 is 9.47 Å². The van der Waals surface area contributed by atoms with Crippen LogP contribution in [0.5, 0.6) is 5.75 Å². The van der Waals surface area contributed by atoms with Crippen molar-refractivity contribution in [1.29, 1.82) is 0 Å². The number of hydrogen-bond acceptors (Lipinski definition) is 2. The van der Waals surface area contributed by atoms with Crippen molar-refractivity contribution in [2.75, 3.05) is 13.2 Å². The molecule has 17 heavy (non-hydrogen) atoms. The number of benzene rings is 1. The molecule has 0 saturated carbocycles. The first-order valence-corrected chi connectivity index (χ1v) is 6.20. The molecule has 2 heteroatoms. The summed E-state index contributed by atoms with van der Waals surface area (Å²) in [6.45, 7) is 11.9. The Balaban J connectivity index is 2.23. The molecule has 0 amide bonds. The fourth-order valence-electron chi connectivity index (χ4n) is 1.27. The summed E-state index contributed by atoms with van der Waals surface area (Å²) in [5.74, 6) is 0.905. The van der Waals surface area contributed by atoms with Gasteiger partial charge in [0.25, 0.3) is 0 Å². The lowest BCUT2D eigenvalue weighted by Gasteiger charge is -2.27. The summed E-state index contributed by atoms with van der Waals surface area (Å²) in [5, 5.41) is 0. The van der Waals surface area contributed by atoms with Crippen LogP contribution in [-0.2, 0) is 4.74 Å². The van der Waals surface area contributed by atoms with E-state index >= 15 is 0 Å². The highest BCUT2D eigenvalue weighted by molar-refractivity contribution is 5.26. The largest absolute Gasteiger partial charge is 0.491 e. The van der Waals surface area contributed by atoms with Gasteiger partial charge >= 0.3 is 0 Å². The Kier molecular flexibility index (Phi) is 5.01. The molecule has 0 aliphatic carbocycles. The average molecular weight is 236 g/mol. The van der Waals surface area contributed by atoms with Crippen molar-refractivity contribution in [3.63, 3.8) is 0 Å². The first-order chi connectivity index (χ1) is 7.89. The van der Waals surface area contributed by atoms with E-state index in [0.717, 1.165) is 5.75 Å². The van der Waals surface area contributed by atoms with Crippen molar-refractivity contribution >= 4 is 0 Å². The van der Waals surface area contributed by atoms with E-state index in [4.69, 9.17) is 9.47 Å². The molecule has 96 valence electrons. The Hall–Kier alpha value is -1.02. The molecule has 0 fully saturated rings. The van der Waals surface area contributed by atoms with Crippen molar-refractivity contribution in [3.05, 3.63) is 29.8 Å². The summed E-state index contributed by atoms with van der Waals surface area (Å²) in [7, 11) is 0.